The normalized spacial score (nSPS) is 26.8. The first-order chi connectivity index (χ1) is 11.4. The molecule has 6 N–H and O–H groups in total. The third-order valence-electron chi connectivity index (χ3n) is 4.12. The van der Waals surface area contributed by atoms with Crippen LogP contribution in [-0.2, 0) is 4.74 Å². The zero-order valence-corrected chi connectivity index (χ0v) is 12.8. The molecular formula is C14H17N5O5. The van der Waals surface area contributed by atoms with Gasteiger partial charge in [-0.05, 0) is 6.42 Å². The Morgan fingerprint density at radius 2 is 2.08 bits per heavy atom. The number of hydrogen-bond donors (Lipinski definition) is 4. The van der Waals surface area contributed by atoms with Crippen molar-refractivity contribution in [1.82, 2.24) is 14.5 Å². The number of fused-ring (bicyclic) bond motifs is 1. The molecule has 3 rings (SSSR count). The van der Waals surface area contributed by atoms with E-state index in [-0.39, 0.29) is 22.4 Å². The number of hydrogen-bond acceptors (Lipinski definition) is 8. The monoisotopic (exact) mass is 335 g/mol. The van der Waals surface area contributed by atoms with Crippen molar-refractivity contribution in [1.29, 1.82) is 0 Å². The Balaban J connectivity index is 2.29. The van der Waals surface area contributed by atoms with Crippen LogP contribution >= 0.6 is 0 Å². The Morgan fingerprint density at radius 1 is 1.38 bits per heavy atom. The molecule has 4 unspecified atom stereocenters. The molecule has 0 radical (unpaired) electrons. The van der Waals surface area contributed by atoms with Gasteiger partial charge in [0.1, 0.15) is 35.3 Å². The number of aliphatic hydroxyl groups excluding tert-OH is 2. The molecule has 1 saturated heterocycles. The van der Waals surface area contributed by atoms with E-state index in [9.17, 15) is 19.8 Å². The van der Waals surface area contributed by atoms with E-state index >= 15 is 0 Å². The van der Waals surface area contributed by atoms with Crippen LogP contribution in [0.5, 0.6) is 0 Å². The number of carbonyl (C=O) groups excluding carboxylic acids is 1. The average Bonchev–Trinajstić information content (AvgIpc) is 2.83. The van der Waals surface area contributed by atoms with Crippen molar-refractivity contribution < 1.29 is 19.7 Å². The van der Waals surface area contributed by atoms with Crippen LogP contribution in [0, 0.1) is 0 Å². The lowest BCUT2D eigenvalue weighted by atomic mass is 10.1. The van der Waals surface area contributed by atoms with E-state index in [4.69, 9.17) is 16.2 Å². The fraction of sp³-hybridized carbons (Fsp3) is 0.429. The molecule has 1 aliphatic rings. The highest BCUT2D eigenvalue weighted by atomic mass is 16.6. The van der Waals surface area contributed by atoms with E-state index in [2.05, 4.69) is 9.97 Å². The van der Waals surface area contributed by atoms with Crippen molar-refractivity contribution in [3.8, 4) is 0 Å². The second kappa shape index (κ2) is 5.82. The maximum atomic E-state index is 12.4. The van der Waals surface area contributed by atoms with E-state index in [0.29, 0.717) is 6.42 Å². The Morgan fingerprint density at radius 3 is 2.67 bits per heavy atom. The predicted octanol–water partition coefficient (Wildman–Crippen LogP) is -1.50. The summed E-state index contributed by atoms with van der Waals surface area (Å²) in [6, 6.07) is 0. The van der Waals surface area contributed by atoms with Gasteiger partial charge in [0.15, 0.2) is 11.9 Å². The van der Waals surface area contributed by atoms with E-state index in [0.717, 1.165) is 12.5 Å². The average molecular weight is 335 g/mol. The van der Waals surface area contributed by atoms with Gasteiger partial charge < -0.3 is 31.0 Å². The van der Waals surface area contributed by atoms with Gasteiger partial charge in [0.05, 0.1) is 6.10 Å². The van der Waals surface area contributed by atoms with Crippen LogP contribution in [0.3, 0.4) is 0 Å². The van der Waals surface area contributed by atoms with Crippen LogP contribution in [0.15, 0.2) is 17.3 Å². The van der Waals surface area contributed by atoms with Crippen LogP contribution in [0.4, 0.5) is 5.82 Å². The number of nitrogen functional groups attached to an aromatic ring is 1. The number of primary amides is 1. The molecule has 0 spiro atoms. The van der Waals surface area contributed by atoms with E-state index < -0.39 is 35.9 Å². The number of rotatable bonds is 3. The van der Waals surface area contributed by atoms with E-state index in [1.807, 2.05) is 0 Å². The van der Waals surface area contributed by atoms with Crippen LogP contribution in [0.2, 0.25) is 0 Å². The number of nitrogens with zero attached hydrogens (tertiary/aromatic N) is 3. The topological polar surface area (TPSA) is 167 Å². The van der Waals surface area contributed by atoms with Crippen molar-refractivity contribution in [3.05, 3.63) is 28.3 Å². The third-order valence-corrected chi connectivity index (χ3v) is 4.12. The number of aliphatic hydroxyl groups is 2. The van der Waals surface area contributed by atoms with Gasteiger partial charge >= 0.3 is 0 Å². The highest BCUT2D eigenvalue weighted by Gasteiger charge is 2.43. The summed E-state index contributed by atoms with van der Waals surface area (Å²) >= 11 is 0. The summed E-state index contributed by atoms with van der Waals surface area (Å²) in [5, 5.41) is 20.2. The van der Waals surface area contributed by atoms with Crippen molar-refractivity contribution in [3.63, 3.8) is 0 Å². The smallest absolute Gasteiger partial charge is 0.254 e. The Labute approximate surface area is 135 Å². The number of pyridine rings is 1. The van der Waals surface area contributed by atoms with Gasteiger partial charge in [0.25, 0.3) is 5.91 Å². The minimum atomic E-state index is -1.28. The first-order valence-corrected chi connectivity index (χ1v) is 7.33. The molecule has 0 saturated carbocycles. The van der Waals surface area contributed by atoms with Crippen LogP contribution in [-0.4, -0.2) is 49.0 Å². The maximum Gasteiger partial charge on any atom is 0.254 e. The summed E-state index contributed by atoms with van der Waals surface area (Å²) in [5.41, 5.74) is 10.0. The molecule has 3 heterocycles. The first kappa shape index (κ1) is 16.3. The zero-order valence-electron chi connectivity index (χ0n) is 12.8. The summed E-state index contributed by atoms with van der Waals surface area (Å²) in [4.78, 5) is 31.7. The minimum Gasteiger partial charge on any atom is -0.388 e. The minimum absolute atomic E-state index is 0.0745. The number of amides is 1. The van der Waals surface area contributed by atoms with Gasteiger partial charge in [-0.1, -0.05) is 6.92 Å². The Bertz CT molecular complexity index is 866. The van der Waals surface area contributed by atoms with Crippen molar-refractivity contribution >= 4 is 22.8 Å². The molecule has 1 aliphatic heterocycles. The zero-order chi connectivity index (χ0) is 17.6. The van der Waals surface area contributed by atoms with Gasteiger partial charge in [-0.2, -0.15) is 0 Å². The molecule has 10 nitrogen and oxygen atoms in total. The second-order valence-corrected chi connectivity index (χ2v) is 5.56. The summed E-state index contributed by atoms with van der Waals surface area (Å²) < 4.78 is 6.93. The summed E-state index contributed by atoms with van der Waals surface area (Å²) in [5.74, 6) is -1.08. The molecule has 1 fully saturated rings. The van der Waals surface area contributed by atoms with Gasteiger partial charge in [-0.15, -0.1) is 0 Å². The molecule has 4 atom stereocenters. The predicted molar refractivity (Wildman–Crippen MR) is 82.9 cm³/mol. The lowest BCUT2D eigenvalue weighted by Gasteiger charge is -2.21. The standard InChI is InChI=1S/C14H17N5O5/c1-2-6-9(21)10(22)14(24-6)19-3-5(12(16)23)8(20)7-11(15)17-4-18-13(7)19/h3-4,6,9-10,14,21-22H,2H2,1H3,(H2,16,23)(H2,15,17,18). The number of aromatic nitrogens is 3. The van der Waals surface area contributed by atoms with Crippen molar-refractivity contribution in [2.75, 3.05) is 5.73 Å². The number of ether oxygens (including phenoxy) is 1. The van der Waals surface area contributed by atoms with E-state index in [1.165, 1.54) is 4.57 Å². The van der Waals surface area contributed by atoms with Crippen molar-refractivity contribution in [2.45, 2.75) is 37.9 Å². The number of carbonyl (C=O) groups is 1. The largest absolute Gasteiger partial charge is 0.388 e. The van der Waals surface area contributed by atoms with Crippen LogP contribution in [0.1, 0.15) is 29.9 Å². The van der Waals surface area contributed by atoms with Gasteiger partial charge in [-0.25, -0.2) is 9.97 Å². The quantitative estimate of drug-likeness (QED) is 0.526. The van der Waals surface area contributed by atoms with Gasteiger partial charge in [0, 0.05) is 6.20 Å². The maximum absolute atomic E-state index is 12.4. The molecule has 2 aromatic rings. The molecule has 0 aromatic carbocycles. The summed E-state index contributed by atoms with van der Waals surface area (Å²) in [7, 11) is 0. The molecule has 1 amide bonds. The Kier molecular flexibility index (Phi) is 3.95. The Hall–Kier alpha value is -2.56. The molecule has 0 bridgehead atoms. The lowest BCUT2D eigenvalue weighted by molar-refractivity contribution is -0.0356. The second-order valence-electron chi connectivity index (χ2n) is 5.56. The first-order valence-electron chi connectivity index (χ1n) is 7.33. The molecule has 128 valence electrons. The van der Waals surface area contributed by atoms with Gasteiger partial charge in [0.2, 0.25) is 5.43 Å². The molecular weight excluding hydrogens is 318 g/mol. The molecule has 2 aromatic heterocycles. The van der Waals surface area contributed by atoms with Gasteiger partial charge in [-0.3, -0.25) is 9.59 Å². The fourth-order valence-electron chi connectivity index (χ4n) is 2.86. The van der Waals surface area contributed by atoms with Crippen LogP contribution < -0.4 is 16.9 Å². The highest BCUT2D eigenvalue weighted by Crippen LogP contribution is 2.32. The lowest BCUT2D eigenvalue weighted by Crippen LogP contribution is -2.33. The molecule has 10 heteroatoms. The fourth-order valence-corrected chi connectivity index (χ4v) is 2.86. The van der Waals surface area contributed by atoms with E-state index in [1.54, 1.807) is 6.92 Å². The highest BCUT2D eigenvalue weighted by molar-refractivity contribution is 5.97. The molecule has 0 aliphatic carbocycles. The van der Waals surface area contributed by atoms with Crippen molar-refractivity contribution in [2.24, 2.45) is 5.73 Å². The van der Waals surface area contributed by atoms with Crippen LogP contribution in [0.25, 0.3) is 11.0 Å². The number of nitrogens with two attached hydrogens (primary N) is 2. The summed E-state index contributed by atoms with van der Waals surface area (Å²) in [6.07, 6.45) is -1.29. The number of anilines is 1. The SMILES string of the molecule is CCC1OC(n2cc(C(N)=O)c(=O)c3c(N)ncnc32)C(O)C1O. The molecule has 24 heavy (non-hydrogen) atoms. The summed E-state index contributed by atoms with van der Waals surface area (Å²) in [6.45, 7) is 1.79. The third kappa shape index (κ3) is 2.31.